The van der Waals surface area contributed by atoms with E-state index in [4.69, 9.17) is 4.74 Å². The van der Waals surface area contributed by atoms with Crippen LogP contribution in [0.15, 0.2) is 24.3 Å². The quantitative estimate of drug-likeness (QED) is 0.878. The number of fused-ring (bicyclic) bond motifs is 1. The summed E-state index contributed by atoms with van der Waals surface area (Å²) in [6.07, 6.45) is 3.60. The van der Waals surface area contributed by atoms with Gasteiger partial charge in [-0.25, -0.2) is 0 Å². The van der Waals surface area contributed by atoms with Gasteiger partial charge in [0, 0.05) is 13.2 Å². The van der Waals surface area contributed by atoms with Crippen LogP contribution in [0, 0.1) is 5.41 Å². The monoisotopic (exact) mass is 288 g/mol. The molecule has 0 bridgehead atoms. The van der Waals surface area contributed by atoms with Crippen molar-refractivity contribution in [1.82, 2.24) is 10.6 Å². The minimum atomic E-state index is -0.352. The Balaban J connectivity index is 1.66. The molecule has 2 aliphatic rings. The van der Waals surface area contributed by atoms with Crippen LogP contribution in [0.25, 0.3) is 0 Å². The topological polar surface area (TPSA) is 50.4 Å². The van der Waals surface area contributed by atoms with Crippen LogP contribution in [0.4, 0.5) is 0 Å². The van der Waals surface area contributed by atoms with E-state index in [9.17, 15) is 4.79 Å². The summed E-state index contributed by atoms with van der Waals surface area (Å²) in [6.45, 7) is 2.30. The van der Waals surface area contributed by atoms with Crippen molar-refractivity contribution in [2.45, 2.75) is 31.7 Å². The van der Waals surface area contributed by atoms with Crippen molar-refractivity contribution in [2.24, 2.45) is 5.41 Å². The third-order valence-electron chi connectivity index (χ3n) is 4.85. The molecule has 1 amide bonds. The Labute approximate surface area is 126 Å². The van der Waals surface area contributed by atoms with Gasteiger partial charge in [0.25, 0.3) is 0 Å². The molecule has 2 N–H and O–H groups in total. The average Bonchev–Trinajstić information content (AvgIpc) is 2.90. The van der Waals surface area contributed by atoms with Crippen molar-refractivity contribution in [3.05, 3.63) is 35.4 Å². The van der Waals surface area contributed by atoms with Gasteiger partial charge in [0.2, 0.25) is 5.91 Å². The second kappa shape index (κ2) is 6.16. The standard InChI is InChI=1S/C17H24N2O2/c1-21-12-17(6-8-18-9-7-17)16(20)19-15-10-13-4-2-3-5-14(13)11-15/h2-5,15,18H,6-12H2,1H3,(H,19,20). The third-order valence-corrected chi connectivity index (χ3v) is 4.85. The lowest BCUT2D eigenvalue weighted by Crippen LogP contribution is -2.52. The Hall–Kier alpha value is -1.39. The van der Waals surface area contributed by atoms with Gasteiger partial charge in [-0.2, -0.15) is 0 Å². The molecule has 1 aromatic rings. The molecule has 1 aromatic carbocycles. The molecule has 1 aliphatic heterocycles. The summed E-state index contributed by atoms with van der Waals surface area (Å²) in [6, 6.07) is 8.71. The van der Waals surface area contributed by atoms with E-state index in [-0.39, 0.29) is 17.4 Å². The second-order valence-corrected chi connectivity index (χ2v) is 6.31. The van der Waals surface area contributed by atoms with Gasteiger partial charge in [0.1, 0.15) is 0 Å². The second-order valence-electron chi connectivity index (χ2n) is 6.31. The first-order valence-corrected chi connectivity index (χ1v) is 7.81. The summed E-state index contributed by atoms with van der Waals surface area (Å²) < 4.78 is 5.34. The summed E-state index contributed by atoms with van der Waals surface area (Å²) in [5.74, 6) is 0.170. The fourth-order valence-electron chi connectivity index (χ4n) is 3.62. The van der Waals surface area contributed by atoms with Crippen molar-refractivity contribution in [2.75, 3.05) is 26.8 Å². The van der Waals surface area contributed by atoms with Gasteiger partial charge in [-0.15, -0.1) is 0 Å². The fourth-order valence-corrected chi connectivity index (χ4v) is 3.62. The Bertz CT molecular complexity index is 479. The molecule has 1 saturated heterocycles. The van der Waals surface area contributed by atoms with Gasteiger partial charge in [-0.05, 0) is 49.9 Å². The highest BCUT2D eigenvalue weighted by Gasteiger charge is 2.40. The van der Waals surface area contributed by atoms with E-state index in [0.29, 0.717) is 6.61 Å². The number of carbonyl (C=O) groups is 1. The lowest BCUT2D eigenvalue weighted by atomic mass is 9.78. The average molecular weight is 288 g/mol. The summed E-state index contributed by atoms with van der Waals surface area (Å²) in [4.78, 5) is 12.8. The molecule has 1 fully saturated rings. The molecule has 0 radical (unpaired) electrons. The number of ether oxygens (including phenoxy) is 1. The summed E-state index contributed by atoms with van der Waals surface area (Å²) >= 11 is 0. The first-order valence-electron chi connectivity index (χ1n) is 7.81. The number of piperidine rings is 1. The molecule has 4 nitrogen and oxygen atoms in total. The Kier molecular flexibility index (Phi) is 4.27. The highest BCUT2D eigenvalue weighted by atomic mass is 16.5. The van der Waals surface area contributed by atoms with Crippen LogP contribution in [0.5, 0.6) is 0 Å². The van der Waals surface area contributed by atoms with Crippen LogP contribution in [0.3, 0.4) is 0 Å². The number of nitrogens with one attached hydrogen (secondary N) is 2. The number of amides is 1. The highest BCUT2D eigenvalue weighted by Crippen LogP contribution is 2.30. The van der Waals surface area contributed by atoms with E-state index in [1.165, 1.54) is 11.1 Å². The maximum absolute atomic E-state index is 12.8. The number of carbonyl (C=O) groups excluding carboxylic acids is 1. The Morgan fingerprint density at radius 2 is 1.90 bits per heavy atom. The van der Waals surface area contributed by atoms with Crippen LogP contribution in [-0.4, -0.2) is 38.8 Å². The zero-order valence-electron chi connectivity index (χ0n) is 12.7. The molecule has 1 aliphatic carbocycles. The van der Waals surface area contributed by atoms with Gasteiger partial charge in [-0.3, -0.25) is 4.79 Å². The van der Waals surface area contributed by atoms with Crippen LogP contribution in [0.2, 0.25) is 0 Å². The summed E-state index contributed by atoms with van der Waals surface area (Å²) in [7, 11) is 1.68. The normalized spacial score (nSPS) is 21.0. The van der Waals surface area contributed by atoms with Crippen LogP contribution in [-0.2, 0) is 22.4 Å². The molecule has 21 heavy (non-hydrogen) atoms. The van der Waals surface area contributed by atoms with Gasteiger partial charge in [0.15, 0.2) is 0 Å². The molecule has 0 unspecified atom stereocenters. The fraction of sp³-hybridized carbons (Fsp3) is 0.588. The van der Waals surface area contributed by atoms with Crippen LogP contribution in [0.1, 0.15) is 24.0 Å². The van der Waals surface area contributed by atoms with E-state index in [1.807, 2.05) is 0 Å². The van der Waals surface area contributed by atoms with Gasteiger partial charge in [0.05, 0.1) is 12.0 Å². The molecule has 3 rings (SSSR count). The van der Waals surface area contributed by atoms with Crippen molar-refractivity contribution in [3.63, 3.8) is 0 Å². The lowest BCUT2D eigenvalue weighted by Gasteiger charge is -2.36. The zero-order valence-corrected chi connectivity index (χ0v) is 12.7. The van der Waals surface area contributed by atoms with E-state index < -0.39 is 0 Å². The van der Waals surface area contributed by atoms with Gasteiger partial charge >= 0.3 is 0 Å². The smallest absolute Gasteiger partial charge is 0.228 e. The van der Waals surface area contributed by atoms with Gasteiger partial charge in [-0.1, -0.05) is 24.3 Å². The van der Waals surface area contributed by atoms with Crippen molar-refractivity contribution in [1.29, 1.82) is 0 Å². The third kappa shape index (κ3) is 2.97. The first-order chi connectivity index (χ1) is 10.2. The number of methoxy groups -OCH3 is 1. The predicted molar refractivity (Wildman–Crippen MR) is 82.2 cm³/mol. The SMILES string of the molecule is COCC1(C(=O)NC2Cc3ccccc3C2)CCNCC1. The molecule has 0 spiro atoms. The van der Waals surface area contributed by atoms with E-state index in [0.717, 1.165) is 38.8 Å². The summed E-state index contributed by atoms with van der Waals surface area (Å²) in [5.41, 5.74) is 2.39. The van der Waals surface area contributed by atoms with E-state index in [2.05, 4.69) is 34.9 Å². The molecule has 0 aromatic heterocycles. The molecular weight excluding hydrogens is 264 g/mol. The Morgan fingerprint density at radius 1 is 1.29 bits per heavy atom. The number of rotatable bonds is 4. The van der Waals surface area contributed by atoms with Crippen LogP contribution >= 0.6 is 0 Å². The van der Waals surface area contributed by atoms with Crippen molar-refractivity contribution >= 4 is 5.91 Å². The first kappa shape index (κ1) is 14.5. The van der Waals surface area contributed by atoms with Gasteiger partial charge < -0.3 is 15.4 Å². The minimum absolute atomic E-state index is 0.170. The molecule has 0 atom stereocenters. The maximum Gasteiger partial charge on any atom is 0.228 e. The number of hydrogen-bond acceptors (Lipinski definition) is 3. The molecule has 114 valence electrons. The molecule has 1 heterocycles. The predicted octanol–water partition coefficient (Wildman–Crippen LogP) is 1.29. The minimum Gasteiger partial charge on any atom is -0.384 e. The molecule has 0 saturated carbocycles. The zero-order chi connectivity index (χ0) is 14.7. The maximum atomic E-state index is 12.8. The molecule has 4 heteroatoms. The summed E-state index contributed by atoms with van der Waals surface area (Å²) in [5, 5.41) is 6.60. The van der Waals surface area contributed by atoms with E-state index in [1.54, 1.807) is 7.11 Å². The van der Waals surface area contributed by atoms with Crippen molar-refractivity contribution in [3.8, 4) is 0 Å². The molecular formula is C17H24N2O2. The van der Waals surface area contributed by atoms with Crippen molar-refractivity contribution < 1.29 is 9.53 Å². The van der Waals surface area contributed by atoms with Crippen LogP contribution < -0.4 is 10.6 Å². The number of benzene rings is 1. The van der Waals surface area contributed by atoms with E-state index >= 15 is 0 Å². The lowest BCUT2D eigenvalue weighted by molar-refractivity contribution is -0.136. The number of hydrogen-bond donors (Lipinski definition) is 2. The largest absolute Gasteiger partial charge is 0.384 e. The highest BCUT2D eigenvalue weighted by molar-refractivity contribution is 5.83. The Morgan fingerprint density at radius 3 is 2.48 bits per heavy atom.